The highest BCUT2D eigenvalue weighted by atomic mass is 16.4. The van der Waals surface area contributed by atoms with Crippen LogP contribution >= 0.6 is 0 Å². The van der Waals surface area contributed by atoms with Crippen LogP contribution in [0.1, 0.15) is 36.2 Å². The quantitative estimate of drug-likeness (QED) is 0.783. The Labute approximate surface area is 86.7 Å². The third kappa shape index (κ3) is 1.95. The van der Waals surface area contributed by atoms with Crippen molar-refractivity contribution in [2.24, 2.45) is 5.92 Å². The van der Waals surface area contributed by atoms with Crippen LogP contribution in [0, 0.1) is 5.92 Å². The molecule has 0 spiro atoms. The van der Waals surface area contributed by atoms with Gasteiger partial charge in [0.05, 0.1) is 0 Å². The second kappa shape index (κ2) is 3.92. The topological polar surface area (TPSA) is 75.1 Å². The fourth-order valence-electron chi connectivity index (χ4n) is 2.20. The van der Waals surface area contributed by atoms with Crippen molar-refractivity contribution in [3.05, 3.63) is 22.4 Å². The lowest BCUT2D eigenvalue weighted by Gasteiger charge is -2.10. The van der Waals surface area contributed by atoms with Crippen LogP contribution in [0.4, 0.5) is 0 Å². The lowest BCUT2D eigenvalue weighted by Crippen LogP contribution is -2.24. The fraction of sp³-hybridized carbons (Fsp3) is 0.600. The van der Waals surface area contributed by atoms with E-state index in [0.29, 0.717) is 12.5 Å². The monoisotopic (exact) mass is 210 g/mol. The summed E-state index contributed by atoms with van der Waals surface area (Å²) >= 11 is 0. The Bertz CT molecular complexity index is 413. The molecule has 1 aromatic rings. The first-order chi connectivity index (χ1) is 7.18. The van der Waals surface area contributed by atoms with E-state index in [1.807, 2.05) is 0 Å². The number of carboxylic acids is 1. The van der Waals surface area contributed by atoms with Crippen LogP contribution in [0.25, 0.3) is 0 Å². The fourth-order valence-corrected chi connectivity index (χ4v) is 2.20. The lowest BCUT2D eigenvalue weighted by atomic mass is 10.1. The molecule has 0 radical (unpaired) electrons. The van der Waals surface area contributed by atoms with Crippen molar-refractivity contribution in [2.45, 2.75) is 32.2 Å². The van der Waals surface area contributed by atoms with Gasteiger partial charge in [-0.2, -0.15) is 0 Å². The molecule has 1 fully saturated rings. The van der Waals surface area contributed by atoms with E-state index in [4.69, 9.17) is 5.11 Å². The van der Waals surface area contributed by atoms with Gasteiger partial charge in [0.2, 0.25) is 0 Å². The van der Waals surface area contributed by atoms with Gasteiger partial charge in [-0.3, -0.25) is 4.57 Å². The molecule has 5 heteroatoms. The molecule has 0 unspecified atom stereocenters. The summed E-state index contributed by atoms with van der Waals surface area (Å²) in [6.07, 6.45) is 5.82. The molecule has 0 aromatic carbocycles. The first kappa shape index (κ1) is 10.0. The summed E-state index contributed by atoms with van der Waals surface area (Å²) in [6.45, 7) is 0.532. The predicted octanol–water partition coefficient (Wildman–Crippen LogP) is 1.06. The number of hydrogen-bond donors (Lipinski definition) is 2. The molecule has 0 amide bonds. The number of nitrogens with one attached hydrogen (secondary N) is 1. The highest BCUT2D eigenvalue weighted by molar-refractivity contribution is 5.85. The van der Waals surface area contributed by atoms with Crippen molar-refractivity contribution >= 4 is 5.97 Å². The molecule has 1 saturated carbocycles. The van der Waals surface area contributed by atoms with Gasteiger partial charge in [-0.1, -0.05) is 12.8 Å². The van der Waals surface area contributed by atoms with Crippen LogP contribution < -0.4 is 5.69 Å². The summed E-state index contributed by atoms with van der Waals surface area (Å²) < 4.78 is 1.33. The zero-order valence-corrected chi connectivity index (χ0v) is 8.40. The summed E-state index contributed by atoms with van der Waals surface area (Å²) in [4.78, 5) is 24.6. The Balaban J connectivity index is 2.22. The summed E-state index contributed by atoms with van der Waals surface area (Å²) in [5.74, 6) is -0.594. The Morgan fingerprint density at radius 3 is 2.80 bits per heavy atom. The molecule has 15 heavy (non-hydrogen) atoms. The Morgan fingerprint density at radius 2 is 2.20 bits per heavy atom. The van der Waals surface area contributed by atoms with Gasteiger partial charge in [0.1, 0.15) is 5.69 Å². The minimum absolute atomic E-state index is 0.0619. The second-order valence-corrected chi connectivity index (χ2v) is 4.05. The number of aromatic carboxylic acids is 1. The SMILES string of the molecule is O=C(O)c1c[nH]c(=O)n1CC1CCCC1. The number of carbonyl (C=O) groups is 1. The lowest BCUT2D eigenvalue weighted by molar-refractivity contribution is 0.0683. The van der Waals surface area contributed by atoms with Gasteiger partial charge in [0.15, 0.2) is 0 Å². The predicted molar refractivity (Wildman–Crippen MR) is 54.0 cm³/mol. The number of aromatic amines is 1. The van der Waals surface area contributed by atoms with Gasteiger partial charge in [-0.15, -0.1) is 0 Å². The Hall–Kier alpha value is -1.52. The number of carboxylic acid groups (broad SMARTS) is 1. The average molecular weight is 210 g/mol. The molecule has 0 bridgehead atoms. The standard InChI is InChI=1S/C10H14N2O3/c13-9(14)8-5-11-10(15)12(8)6-7-3-1-2-4-7/h5,7H,1-4,6H2,(H,11,15)(H,13,14). The van der Waals surface area contributed by atoms with Gasteiger partial charge in [0.25, 0.3) is 0 Å². The minimum atomic E-state index is -1.05. The van der Waals surface area contributed by atoms with E-state index in [9.17, 15) is 9.59 Å². The van der Waals surface area contributed by atoms with E-state index in [2.05, 4.69) is 4.98 Å². The molecule has 0 atom stereocenters. The van der Waals surface area contributed by atoms with Crippen molar-refractivity contribution in [2.75, 3.05) is 0 Å². The van der Waals surface area contributed by atoms with Crippen LogP contribution in [0.5, 0.6) is 0 Å². The molecule has 5 nitrogen and oxygen atoms in total. The van der Waals surface area contributed by atoms with Gasteiger partial charge in [-0.25, -0.2) is 9.59 Å². The molecule has 1 aromatic heterocycles. The number of hydrogen-bond acceptors (Lipinski definition) is 2. The Morgan fingerprint density at radius 1 is 1.53 bits per heavy atom. The van der Waals surface area contributed by atoms with Gasteiger partial charge >= 0.3 is 11.7 Å². The van der Waals surface area contributed by atoms with E-state index < -0.39 is 5.97 Å². The van der Waals surface area contributed by atoms with E-state index in [-0.39, 0.29) is 11.4 Å². The van der Waals surface area contributed by atoms with Gasteiger partial charge in [0, 0.05) is 12.7 Å². The number of H-pyrrole nitrogens is 1. The van der Waals surface area contributed by atoms with Crippen LogP contribution in [-0.4, -0.2) is 20.6 Å². The molecule has 1 aliphatic carbocycles. The molecule has 2 rings (SSSR count). The van der Waals surface area contributed by atoms with Crippen molar-refractivity contribution < 1.29 is 9.90 Å². The highest BCUT2D eigenvalue weighted by Crippen LogP contribution is 2.25. The van der Waals surface area contributed by atoms with Crippen LogP contribution in [0.3, 0.4) is 0 Å². The van der Waals surface area contributed by atoms with Crippen molar-refractivity contribution in [3.8, 4) is 0 Å². The maximum absolute atomic E-state index is 11.4. The smallest absolute Gasteiger partial charge is 0.354 e. The highest BCUT2D eigenvalue weighted by Gasteiger charge is 2.20. The summed E-state index contributed by atoms with van der Waals surface area (Å²) in [7, 11) is 0. The van der Waals surface area contributed by atoms with E-state index in [1.165, 1.54) is 23.6 Å². The van der Waals surface area contributed by atoms with Gasteiger partial charge in [-0.05, 0) is 18.8 Å². The first-order valence-electron chi connectivity index (χ1n) is 5.20. The number of nitrogens with zero attached hydrogens (tertiary/aromatic N) is 1. The normalized spacial score (nSPS) is 17.1. The molecule has 0 aliphatic heterocycles. The summed E-state index contributed by atoms with van der Waals surface area (Å²) in [5.41, 5.74) is -0.258. The summed E-state index contributed by atoms with van der Waals surface area (Å²) in [6, 6.07) is 0. The zero-order chi connectivity index (χ0) is 10.8. The first-order valence-corrected chi connectivity index (χ1v) is 5.20. The summed E-state index contributed by atoms with van der Waals surface area (Å²) in [5, 5.41) is 8.87. The number of rotatable bonds is 3. The maximum atomic E-state index is 11.4. The van der Waals surface area contributed by atoms with Crippen molar-refractivity contribution in [3.63, 3.8) is 0 Å². The number of imidazole rings is 1. The van der Waals surface area contributed by atoms with E-state index >= 15 is 0 Å². The van der Waals surface area contributed by atoms with Crippen LogP contribution in [0.2, 0.25) is 0 Å². The van der Waals surface area contributed by atoms with Crippen LogP contribution in [-0.2, 0) is 6.54 Å². The third-order valence-corrected chi connectivity index (χ3v) is 3.00. The molecule has 1 heterocycles. The van der Waals surface area contributed by atoms with Crippen LogP contribution in [0.15, 0.2) is 11.0 Å². The minimum Gasteiger partial charge on any atom is -0.477 e. The Kier molecular flexibility index (Phi) is 2.62. The average Bonchev–Trinajstić information content (AvgIpc) is 2.78. The van der Waals surface area contributed by atoms with Gasteiger partial charge < -0.3 is 10.1 Å². The second-order valence-electron chi connectivity index (χ2n) is 4.05. The zero-order valence-electron chi connectivity index (χ0n) is 8.40. The van der Waals surface area contributed by atoms with E-state index in [1.54, 1.807) is 0 Å². The van der Waals surface area contributed by atoms with E-state index in [0.717, 1.165) is 12.8 Å². The molecule has 2 N–H and O–H groups in total. The largest absolute Gasteiger partial charge is 0.477 e. The van der Waals surface area contributed by atoms with Crippen molar-refractivity contribution in [1.29, 1.82) is 0 Å². The molecule has 1 aliphatic rings. The maximum Gasteiger partial charge on any atom is 0.354 e. The van der Waals surface area contributed by atoms with Crippen molar-refractivity contribution in [1.82, 2.24) is 9.55 Å². The molecular formula is C10H14N2O3. The number of aromatic nitrogens is 2. The third-order valence-electron chi connectivity index (χ3n) is 3.00. The molecule has 0 saturated heterocycles. The molecular weight excluding hydrogens is 196 g/mol. The molecule has 82 valence electrons.